The molecule has 0 saturated heterocycles. The maximum absolute atomic E-state index is 12.8. The summed E-state index contributed by atoms with van der Waals surface area (Å²) in [6.45, 7) is 0.278. The third-order valence-electron chi connectivity index (χ3n) is 2.19. The Kier molecular flexibility index (Phi) is 4.39. The zero-order valence-corrected chi connectivity index (χ0v) is 8.93. The highest BCUT2D eigenvalue weighted by molar-refractivity contribution is 5.14. The Balaban J connectivity index is 2.59. The molecule has 1 heterocycles. The lowest BCUT2D eigenvalue weighted by Crippen LogP contribution is -2.39. The van der Waals surface area contributed by atoms with Crippen molar-refractivity contribution in [2.24, 2.45) is 0 Å². The van der Waals surface area contributed by atoms with E-state index in [0.717, 1.165) is 12.3 Å². The fourth-order valence-corrected chi connectivity index (χ4v) is 1.15. The molecule has 7 heteroatoms. The van der Waals surface area contributed by atoms with Crippen LogP contribution in [0.3, 0.4) is 0 Å². The third-order valence-corrected chi connectivity index (χ3v) is 2.19. The van der Waals surface area contributed by atoms with Gasteiger partial charge >= 0.3 is 12.3 Å². The Morgan fingerprint density at radius 2 is 2.00 bits per heavy atom. The average molecular weight is 254 g/mol. The fraction of sp³-hybridized carbons (Fsp3) is 0.500. The summed E-state index contributed by atoms with van der Waals surface area (Å²) in [5, 5.41) is 2.21. The summed E-state index contributed by atoms with van der Waals surface area (Å²) in [5.41, 5.74) is 0.315. The molecule has 0 aliphatic carbocycles. The van der Waals surface area contributed by atoms with Crippen molar-refractivity contribution < 1.29 is 22.0 Å². The predicted molar refractivity (Wildman–Crippen MR) is 51.6 cm³/mol. The predicted octanol–water partition coefficient (Wildman–Crippen LogP) is 2.77. The summed E-state index contributed by atoms with van der Waals surface area (Å²) < 4.78 is 61.7. The van der Waals surface area contributed by atoms with Crippen LogP contribution in [0.15, 0.2) is 18.5 Å². The van der Waals surface area contributed by atoms with Crippen molar-refractivity contribution in [1.29, 1.82) is 0 Å². The summed E-state index contributed by atoms with van der Waals surface area (Å²) in [5.74, 6) is -4.72. The number of pyridine rings is 1. The second kappa shape index (κ2) is 5.39. The summed E-state index contributed by atoms with van der Waals surface area (Å²) in [6, 6.07) is 0.411. The lowest BCUT2D eigenvalue weighted by atomic mass is 10.1. The Morgan fingerprint density at radius 1 is 1.35 bits per heavy atom. The Bertz CT molecular complexity index is 369. The molecule has 0 fully saturated rings. The molecule has 1 rings (SSSR count). The van der Waals surface area contributed by atoms with Crippen molar-refractivity contribution in [3.8, 4) is 0 Å². The number of nitrogens with one attached hydrogen (secondary N) is 1. The number of alkyl halides is 4. The fourth-order valence-electron chi connectivity index (χ4n) is 1.15. The van der Waals surface area contributed by atoms with Gasteiger partial charge in [-0.2, -0.15) is 8.78 Å². The summed E-state index contributed by atoms with van der Waals surface area (Å²) in [4.78, 5) is 3.53. The summed E-state index contributed by atoms with van der Waals surface area (Å²) in [6.07, 6.45) is -1.49. The van der Waals surface area contributed by atoms with Crippen molar-refractivity contribution in [1.82, 2.24) is 10.3 Å². The van der Waals surface area contributed by atoms with Gasteiger partial charge in [-0.05, 0) is 18.6 Å². The van der Waals surface area contributed by atoms with Crippen LogP contribution < -0.4 is 5.32 Å². The highest BCUT2D eigenvalue weighted by atomic mass is 19.3. The molecule has 0 aromatic carbocycles. The zero-order valence-electron chi connectivity index (χ0n) is 8.93. The van der Waals surface area contributed by atoms with E-state index in [1.807, 2.05) is 0 Å². The molecule has 0 amide bonds. The van der Waals surface area contributed by atoms with Crippen LogP contribution in [0, 0.1) is 5.82 Å². The molecule has 0 aliphatic heterocycles. The second-order valence-electron chi connectivity index (χ2n) is 3.60. The van der Waals surface area contributed by atoms with Gasteiger partial charge < -0.3 is 5.32 Å². The van der Waals surface area contributed by atoms with Crippen LogP contribution in [0.5, 0.6) is 0 Å². The van der Waals surface area contributed by atoms with Crippen molar-refractivity contribution in [3.63, 3.8) is 0 Å². The Morgan fingerprint density at radius 3 is 2.53 bits per heavy atom. The SMILES string of the molecule is CC(NCC(F)(F)C(F)F)c1cncc(F)c1. The van der Waals surface area contributed by atoms with Crippen molar-refractivity contribution in [3.05, 3.63) is 29.8 Å². The van der Waals surface area contributed by atoms with Crippen molar-refractivity contribution in [2.45, 2.75) is 25.3 Å². The molecule has 96 valence electrons. The number of hydrogen-bond donors (Lipinski definition) is 1. The number of halogens is 5. The van der Waals surface area contributed by atoms with Gasteiger partial charge in [-0.1, -0.05) is 0 Å². The Labute approximate surface area is 94.9 Å². The molecule has 17 heavy (non-hydrogen) atoms. The normalized spacial score (nSPS) is 14.1. The first kappa shape index (κ1) is 13.8. The van der Waals surface area contributed by atoms with Crippen LogP contribution >= 0.6 is 0 Å². The first-order chi connectivity index (χ1) is 7.83. The third kappa shape index (κ3) is 3.92. The zero-order chi connectivity index (χ0) is 13.1. The van der Waals surface area contributed by atoms with Gasteiger partial charge in [0.05, 0.1) is 12.7 Å². The molecule has 0 radical (unpaired) electrons. The molecule has 0 saturated carbocycles. The number of aromatic nitrogens is 1. The maximum atomic E-state index is 12.8. The van der Waals surface area contributed by atoms with E-state index in [-0.39, 0.29) is 0 Å². The molecular formula is C10H11F5N2. The highest BCUT2D eigenvalue weighted by Gasteiger charge is 2.40. The van der Waals surface area contributed by atoms with Crippen LogP contribution in [-0.2, 0) is 0 Å². The van der Waals surface area contributed by atoms with E-state index >= 15 is 0 Å². The van der Waals surface area contributed by atoms with Crippen LogP contribution in [0.4, 0.5) is 22.0 Å². The lowest BCUT2D eigenvalue weighted by Gasteiger charge is -2.19. The quantitative estimate of drug-likeness (QED) is 0.817. The maximum Gasteiger partial charge on any atom is 0.319 e. The van der Waals surface area contributed by atoms with Gasteiger partial charge in [0.25, 0.3) is 0 Å². The highest BCUT2D eigenvalue weighted by Crippen LogP contribution is 2.23. The van der Waals surface area contributed by atoms with E-state index in [4.69, 9.17) is 0 Å². The van der Waals surface area contributed by atoms with E-state index in [9.17, 15) is 22.0 Å². The molecule has 1 unspecified atom stereocenters. The molecule has 1 aromatic heterocycles. The van der Waals surface area contributed by atoms with Gasteiger partial charge in [-0.25, -0.2) is 13.2 Å². The van der Waals surface area contributed by atoms with Gasteiger partial charge in [0.15, 0.2) is 0 Å². The van der Waals surface area contributed by atoms with Crippen molar-refractivity contribution in [2.75, 3.05) is 6.54 Å². The molecule has 1 N–H and O–H groups in total. The van der Waals surface area contributed by atoms with Gasteiger partial charge in [-0.15, -0.1) is 0 Å². The topological polar surface area (TPSA) is 24.9 Å². The van der Waals surface area contributed by atoms with Gasteiger partial charge in [0, 0.05) is 12.2 Å². The van der Waals surface area contributed by atoms with Crippen LogP contribution in [-0.4, -0.2) is 23.9 Å². The minimum atomic E-state index is -4.10. The van der Waals surface area contributed by atoms with Gasteiger partial charge in [-0.3, -0.25) is 4.98 Å². The van der Waals surface area contributed by atoms with Crippen LogP contribution in [0.1, 0.15) is 18.5 Å². The molecule has 0 bridgehead atoms. The minimum absolute atomic E-state index is 0.315. The molecule has 0 spiro atoms. The first-order valence-electron chi connectivity index (χ1n) is 4.82. The van der Waals surface area contributed by atoms with E-state index in [1.54, 1.807) is 0 Å². The first-order valence-corrected chi connectivity index (χ1v) is 4.82. The molecule has 1 atom stereocenters. The average Bonchev–Trinajstić information content (AvgIpc) is 2.25. The monoisotopic (exact) mass is 254 g/mol. The van der Waals surface area contributed by atoms with E-state index in [0.29, 0.717) is 5.56 Å². The van der Waals surface area contributed by atoms with Gasteiger partial charge in [0.2, 0.25) is 0 Å². The van der Waals surface area contributed by atoms with Crippen molar-refractivity contribution >= 4 is 0 Å². The minimum Gasteiger partial charge on any atom is -0.304 e. The molecule has 2 nitrogen and oxygen atoms in total. The largest absolute Gasteiger partial charge is 0.319 e. The van der Waals surface area contributed by atoms with Crippen LogP contribution in [0.25, 0.3) is 0 Å². The van der Waals surface area contributed by atoms with Crippen LogP contribution in [0.2, 0.25) is 0 Å². The lowest BCUT2D eigenvalue weighted by molar-refractivity contribution is -0.126. The van der Waals surface area contributed by atoms with E-state index in [2.05, 4.69) is 10.3 Å². The standard InChI is InChI=1S/C10H11F5N2/c1-6(7-2-8(11)4-16-3-7)17-5-10(14,15)9(12)13/h2-4,6,9,17H,5H2,1H3. The number of hydrogen-bond acceptors (Lipinski definition) is 2. The Hall–Kier alpha value is -1.24. The molecule has 0 aliphatic rings. The van der Waals surface area contributed by atoms with E-state index < -0.39 is 30.8 Å². The number of rotatable bonds is 5. The molecule has 1 aromatic rings. The second-order valence-corrected chi connectivity index (χ2v) is 3.60. The summed E-state index contributed by atoms with van der Waals surface area (Å²) >= 11 is 0. The summed E-state index contributed by atoms with van der Waals surface area (Å²) in [7, 11) is 0. The van der Waals surface area contributed by atoms with E-state index in [1.165, 1.54) is 13.1 Å². The van der Waals surface area contributed by atoms with Gasteiger partial charge in [0.1, 0.15) is 5.82 Å². The number of nitrogens with zero attached hydrogens (tertiary/aromatic N) is 1. The molecular weight excluding hydrogens is 243 g/mol. The smallest absolute Gasteiger partial charge is 0.304 e.